The van der Waals surface area contributed by atoms with Crippen molar-refractivity contribution in [2.45, 2.75) is 19.3 Å². The van der Waals surface area contributed by atoms with Crippen molar-refractivity contribution in [1.29, 1.82) is 0 Å². The minimum Gasteiger partial charge on any atom is -0.380 e. The van der Waals surface area contributed by atoms with Crippen molar-refractivity contribution in [3.8, 4) is 0 Å². The highest BCUT2D eigenvalue weighted by atomic mass is 16.5. The van der Waals surface area contributed by atoms with Crippen LogP contribution in [0.2, 0.25) is 0 Å². The van der Waals surface area contributed by atoms with E-state index in [1.807, 2.05) is 0 Å². The molecule has 1 aliphatic heterocycles. The van der Waals surface area contributed by atoms with Gasteiger partial charge >= 0.3 is 0 Å². The van der Waals surface area contributed by atoms with E-state index in [-0.39, 0.29) is 0 Å². The van der Waals surface area contributed by atoms with E-state index >= 15 is 0 Å². The van der Waals surface area contributed by atoms with Crippen LogP contribution in [0.15, 0.2) is 24.3 Å². The lowest BCUT2D eigenvalue weighted by Crippen LogP contribution is -2.24. The molecule has 64 valence electrons. The lowest BCUT2D eigenvalue weighted by Gasteiger charge is -2.26. The van der Waals surface area contributed by atoms with Crippen LogP contribution in [0, 0.1) is 0 Å². The van der Waals surface area contributed by atoms with E-state index < -0.39 is 0 Å². The second kappa shape index (κ2) is 3.28. The second-order valence-corrected chi connectivity index (χ2v) is 3.33. The molecule has 0 radical (unpaired) electrons. The molecule has 1 heterocycles. The van der Waals surface area contributed by atoms with Crippen LogP contribution in [-0.2, 0) is 11.2 Å². The first-order valence-corrected chi connectivity index (χ1v) is 4.56. The van der Waals surface area contributed by atoms with Gasteiger partial charge in [-0.25, -0.2) is 0 Å². The SMILES string of the molecule is CCc1ccc(C2COC2)cc1. The number of hydrogen-bond donors (Lipinski definition) is 0. The summed E-state index contributed by atoms with van der Waals surface area (Å²) < 4.78 is 5.15. The fraction of sp³-hybridized carbons (Fsp3) is 0.455. The van der Waals surface area contributed by atoms with Gasteiger partial charge in [0.05, 0.1) is 13.2 Å². The van der Waals surface area contributed by atoms with E-state index in [2.05, 4.69) is 31.2 Å². The van der Waals surface area contributed by atoms with Gasteiger partial charge in [-0.1, -0.05) is 31.2 Å². The van der Waals surface area contributed by atoms with Gasteiger partial charge in [0.2, 0.25) is 0 Å². The largest absolute Gasteiger partial charge is 0.380 e. The van der Waals surface area contributed by atoms with Crippen LogP contribution in [0.1, 0.15) is 24.0 Å². The summed E-state index contributed by atoms with van der Waals surface area (Å²) in [6.07, 6.45) is 1.13. The lowest BCUT2D eigenvalue weighted by atomic mass is 9.96. The van der Waals surface area contributed by atoms with Gasteiger partial charge in [0.25, 0.3) is 0 Å². The van der Waals surface area contributed by atoms with E-state index in [1.54, 1.807) is 0 Å². The van der Waals surface area contributed by atoms with Gasteiger partial charge in [0, 0.05) is 5.92 Å². The Hall–Kier alpha value is -0.820. The van der Waals surface area contributed by atoms with Crippen molar-refractivity contribution in [2.24, 2.45) is 0 Å². The first kappa shape index (κ1) is 7.81. The minimum absolute atomic E-state index is 0.663. The molecule has 1 aromatic carbocycles. The first-order chi connectivity index (χ1) is 5.90. The van der Waals surface area contributed by atoms with Gasteiger partial charge in [0.1, 0.15) is 0 Å². The van der Waals surface area contributed by atoms with Gasteiger partial charge in [-0.15, -0.1) is 0 Å². The summed E-state index contributed by atoms with van der Waals surface area (Å²) in [4.78, 5) is 0. The fourth-order valence-electron chi connectivity index (χ4n) is 1.45. The summed E-state index contributed by atoms with van der Waals surface area (Å²) in [6, 6.07) is 8.89. The van der Waals surface area contributed by atoms with Crippen LogP contribution in [0.25, 0.3) is 0 Å². The van der Waals surface area contributed by atoms with E-state index in [0.29, 0.717) is 5.92 Å². The van der Waals surface area contributed by atoms with Crippen LogP contribution in [0.3, 0.4) is 0 Å². The van der Waals surface area contributed by atoms with E-state index in [4.69, 9.17) is 4.74 Å². The molecule has 0 spiro atoms. The molecule has 0 aromatic heterocycles. The molecule has 0 bridgehead atoms. The average Bonchev–Trinajstić information content (AvgIpc) is 2.03. The number of ether oxygens (including phenoxy) is 1. The van der Waals surface area contributed by atoms with E-state index in [9.17, 15) is 0 Å². The molecule has 1 heteroatoms. The minimum atomic E-state index is 0.663. The maximum absolute atomic E-state index is 5.15. The zero-order valence-electron chi connectivity index (χ0n) is 7.42. The topological polar surface area (TPSA) is 9.23 Å². The van der Waals surface area contributed by atoms with Crippen molar-refractivity contribution in [3.05, 3.63) is 35.4 Å². The number of hydrogen-bond acceptors (Lipinski definition) is 1. The zero-order chi connectivity index (χ0) is 8.39. The molecule has 2 rings (SSSR count). The summed E-state index contributed by atoms with van der Waals surface area (Å²) in [6.45, 7) is 4.00. The summed E-state index contributed by atoms with van der Waals surface area (Å²) in [5.41, 5.74) is 2.84. The predicted octanol–water partition coefficient (Wildman–Crippen LogP) is 2.36. The average molecular weight is 162 g/mol. The quantitative estimate of drug-likeness (QED) is 0.648. The molecule has 0 N–H and O–H groups in total. The zero-order valence-corrected chi connectivity index (χ0v) is 7.42. The second-order valence-electron chi connectivity index (χ2n) is 3.33. The highest BCUT2D eigenvalue weighted by molar-refractivity contribution is 5.26. The Labute approximate surface area is 73.4 Å². The smallest absolute Gasteiger partial charge is 0.0557 e. The summed E-state index contributed by atoms with van der Waals surface area (Å²) in [5, 5.41) is 0. The Morgan fingerprint density at radius 3 is 2.33 bits per heavy atom. The standard InChI is InChI=1S/C11H14O/c1-2-9-3-5-10(6-4-9)11-7-12-8-11/h3-6,11H,2,7-8H2,1H3. The van der Waals surface area contributed by atoms with Crippen molar-refractivity contribution in [1.82, 2.24) is 0 Å². The number of benzene rings is 1. The van der Waals surface area contributed by atoms with Crippen molar-refractivity contribution in [3.63, 3.8) is 0 Å². The summed E-state index contributed by atoms with van der Waals surface area (Å²) in [5.74, 6) is 0.663. The van der Waals surface area contributed by atoms with E-state index in [0.717, 1.165) is 19.6 Å². The third-order valence-corrected chi connectivity index (χ3v) is 2.50. The molecule has 1 saturated heterocycles. The Morgan fingerprint density at radius 2 is 1.92 bits per heavy atom. The molecule has 0 amide bonds. The Bertz CT molecular complexity index is 246. The Morgan fingerprint density at radius 1 is 1.25 bits per heavy atom. The molecule has 0 saturated carbocycles. The van der Waals surface area contributed by atoms with Crippen molar-refractivity contribution in [2.75, 3.05) is 13.2 Å². The molecule has 1 aliphatic rings. The van der Waals surface area contributed by atoms with Gasteiger partial charge in [-0.3, -0.25) is 0 Å². The predicted molar refractivity (Wildman–Crippen MR) is 49.4 cm³/mol. The molecule has 1 nitrogen and oxygen atoms in total. The third-order valence-electron chi connectivity index (χ3n) is 2.50. The molecule has 1 aromatic rings. The highest BCUT2D eigenvalue weighted by Gasteiger charge is 2.19. The van der Waals surface area contributed by atoms with Crippen LogP contribution in [0.4, 0.5) is 0 Å². The molecule has 0 unspecified atom stereocenters. The summed E-state index contributed by atoms with van der Waals surface area (Å²) in [7, 11) is 0. The monoisotopic (exact) mass is 162 g/mol. The highest BCUT2D eigenvalue weighted by Crippen LogP contribution is 2.23. The fourth-order valence-corrected chi connectivity index (χ4v) is 1.45. The van der Waals surface area contributed by atoms with Crippen LogP contribution < -0.4 is 0 Å². The van der Waals surface area contributed by atoms with Crippen molar-refractivity contribution < 1.29 is 4.74 Å². The maximum atomic E-state index is 5.15. The normalized spacial score (nSPS) is 17.4. The summed E-state index contributed by atoms with van der Waals surface area (Å²) >= 11 is 0. The van der Waals surface area contributed by atoms with Gasteiger partial charge in [-0.05, 0) is 17.5 Å². The maximum Gasteiger partial charge on any atom is 0.0557 e. The van der Waals surface area contributed by atoms with Gasteiger partial charge < -0.3 is 4.74 Å². The third kappa shape index (κ3) is 1.37. The van der Waals surface area contributed by atoms with Gasteiger partial charge in [-0.2, -0.15) is 0 Å². The molecule has 12 heavy (non-hydrogen) atoms. The Balaban J connectivity index is 2.13. The molecule has 0 atom stereocenters. The molecule has 0 aliphatic carbocycles. The number of rotatable bonds is 2. The number of aryl methyl sites for hydroxylation is 1. The Kier molecular flexibility index (Phi) is 2.13. The molecular weight excluding hydrogens is 148 g/mol. The first-order valence-electron chi connectivity index (χ1n) is 4.56. The van der Waals surface area contributed by atoms with Crippen molar-refractivity contribution >= 4 is 0 Å². The van der Waals surface area contributed by atoms with Crippen LogP contribution >= 0.6 is 0 Å². The van der Waals surface area contributed by atoms with Gasteiger partial charge in [0.15, 0.2) is 0 Å². The van der Waals surface area contributed by atoms with Crippen LogP contribution in [0.5, 0.6) is 0 Å². The molecular formula is C11H14O. The van der Waals surface area contributed by atoms with E-state index in [1.165, 1.54) is 11.1 Å². The molecule has 1 fully saturated rings. The lowest BCUT2D eigenvalue weighted by molar-refractivity contribution is 0.00842. The van der Waals surface area contributed by atoms with Crippen LogP contribution in [-0.4, -0.2) is 13.2 Å².